The van der Waals surface area contributed by atoms with Crippen molar-refractivity contribution in [3.63, 3.8) is 0 Å². The molecule has 20 heavy (non-hydrogen) atoms. The number of hydrogen-bond acceptors (Lipinski definition) is 2. The maximum atomic E-state index is 13.5. The van der Waals surface area contributed by atoms with Gasteiger partial charge in [-0.3, -0.25) is 0 Å². The van der Waals surface area contributed by atoms with Crippen molar-refractivity contribution in [3.8, 4) is 0 Å². The normalized spacial score (nSPS) is 13.4. The van der Waals surface area contributed by atoms with Crippen LogP contribution in [0.5, 0.6) is 0 Å². The van der Waals surface area contributed by atoms with Crippen molar-refractivity contribution in [1.82, 2.24) is 5.32 Å². The second-order valence-corrected chi connectivity index (χ2v) is 5.17. The Morgan fingerprint density at radius 1 is 1.35 bits per heavy atom. The van der Waals surface area contributed by atoms with E-state index in [9.17, 15) is 18.4 Å². The molecule has 0 radical (unpaired) electrons. The van der Waals surface area contributed by atoms with Crippen LogP contribution in [-0.4, -0.2) is 22.6 Å². The highest BCUT2D eigenvalue weighted by molar-refractivity contribution is 9.10. The Morgan fingerprint density at radius 3 is 2.45 bits per heavy atom. The molecule has 0 bridgehead atoms. The number of carboxylic acids is 1. The quantitative estimate of drug-likeness (QED) is 0.730. The molecule has 1 rings (SSSR count). The topological polar surface area (TPSA) is 78.4 Å². The van der Waals surface area contributed by atoms with Crippen molar-refractivity contribution in [3.05, 3.63) is 28.2 Å². The highest BCUT2D eigenvalue weighted by atomic mass is 79.9. The van der Waals surface area contributed by atoms with Crippen LogP contribution in [0.15, 0.2) is 16.6 Å². The predicted molar refractivity (Wildman–Crippen MR) is 72.5 cm³/mol. The summed E-state index contributed by atoms with van der Waals surface area (Å²) in [5.41, 5.74) is -1.87. The molecule has 0 fully saturated rings. The molecule has 5 nitrogen and oxygen atoms in total. The van der Waals surface area contributed by atoms with Crippen LogP contribution in [0.2, 0.25) is 0 Å². The minimum absolute atomic E-state index is 0.0788. The van der Waals surface area contributed by atoms with Crippen LogP contribution in [0.4, 0.5) is 19.3 Å². The number of carbonyl (C=O) groups is 2. The molecular formula is C12H13BrF2N2O3. The Bertz CT molecular complexity index is 554. The van der Waals surface area contributed by atoms with Gasteiger partial charge in [0.15, 0.2) is 0 Å². The lowest BCUT2D eigenvalue weighted by molar-refractivity contribution is -0.143. The molecule has 1 aromatic carbocycles. The number of hydrogen-bond donors (Lipinski definition) is 3. The second kappa shape index (κ2) is 6.17. The van der Waals surface area contributed by atoms with E-state index in [1.807, 2.05) is 0 Å². The second-order valence-electron chi connectivity index (χ2n) is 4.32. The van der Waals surface area contributed by atoms with Gasteiger partial charge in [0.05, 0.1) is 10.2 Å². The SMILES string of the molecule is CCC(C)(NC(=O)Nc1cc(F)c(Br)cc1F)C(=O)O. The van der Waals surface area contributed by atoms with E-state index in [0.29, 0.717) is 0 Å². The van der Waals surface area contributed by atoms with Gasteiger partial charge >= 0.3 is 12.0 Å². The van der Waals surface area contributed by atoms with Crippen molar-refractivity contribution >= 4 is 33.6 Å². The van der Waals surface area contributed by atoms with E-state index >= 15 is 0 Å². The molecule has 2 amide bonds. The molecular weight excluding hydrogens is 338 g/mol. The number of rotatable bonds is 4. The number of carboxylic acid groups (broad SMARTS) is 1. The summed E-state index contributed by atoms with van der Waals surface area (Å²) in [4.78, 5) is 22.7. The Kier molecular flexibility index (Phi) is 5.04. The predicted octanol–water partition coefficient (Wildman–Crippen LogP) is 3.10. The number of carbonyl (C=O) groups excluding carboxylic acids is 1. The summed E-state index contributed by atoms with van der Waals surface area (Å²) in [7, 11) is 0. The molecule has 0 spiro atoms. The number of benzene rings is 1. The lowest BCUT2D eigenvalue weighted by Gasteiger charge is -2.24. The first-order valence-corrected chi connectivity index (χ1v) is 6.46. The fraction of sp³-hybridized carbons (Fsp3) is 0.333. The Hall–Kier alpha value is -1.70. The molecule has 1 unspecified atom stereocenters. The minimum atomic E-state index is -1.49. The summed E-state index contributed by atoms with van der Waals surface area (Å²) in [5, 5.41) is 13.3. The van der Waals surface area contributed by atoms with Gasteiger partial charge in [0, 0.05) is 6.07 Å². The molecule has 3 N–H and O–H groups in total. The van der Waals surface area contributed by atoms with Gasteiger partial charge in [-0.05, 0) is 35.3 Å². The van der Waals surface area contributed by atoms with Crippen molar-refractivity contribution < 1.29 is 23.5 Å². The summed E-state index contributed by atoms with van der Waals surface area (Å²) in [6.07, 6.45) is 0.132. The first-order chi connectivity index (χ1) is 9.19. The zero-order valence-electron chi connectivity index (χ0n) is 10.8. The molecule has 110 valence electrons. The maximum Gasteiger partial charge on any atom is 0.329 e. The first-order valence-electron chi connectivity index (χ1n) is 5.66. The van der Waals surface area contributed by atoms with E-state index in [1.54, 1.807) is 6.92 Å². The zero-order valence-corrected chi connectivity index (χ0v) is 12.3. The van der Waals surface area contributed by atoms with Crippen molar-refractivity contribution in [2.75, 3.05) is 5.32 Å². The summed E-state index contributed by atoms with van der Waals surface area (Å²) < 4.78 is 26.7. The smallest absolute Gasteiger partial charge is 0.329 e. The zero-order chi connectivity index (χ0) is 15.5. The van der Waals surface area contributed by atoms with E-state index in [1.165, 1.54) is 6.92 Å². The maximum absolute atomic E-state index is 13.5. The van der Waals surface area contributed by atoms with Gasteiger partial charge in [-0.25, -0.2) is 18.4 Å². The average molecular weight is 351 g/mol. The Labute approximate surface area is 122 Å². The minimum Gasteiger partial charge on any atom is -0.480 e. The van der Waals surface area contributed by atoms with Gasteiger partial charge in [0.2, 0.25) is 0 Å². The van der Waals surface area contributed by atoms with E-state index < -0.39 is 29.2 Å². The molecule has 0 heterocycles. The Balaban J connectivity index is 2.87. The van der Waals surface area contributed by atoms with E-state index in [4.69, 9.17) is 5.11 Å². The molecule has 0 aliphatic rings. The molecule has 1 aromatic rings. The van der Waals surface area contributed by atoms with Gasteiger partial charge < -0.3 is 15.7 Å². The van der Waals surface area contributed by atoms with Gasteiger partial charge in [-0.15, -0.1) is 0 Å². The third-order valence-electron chi connectivity index (χ3n) is 2.83. The molecule has 8 heteroatoms. The lowest BCUT2D eigenvalue weighted by Crippen LogP contribution is -2.53. The van der Waals surface area contributed by atoms with Gasteiger partial charge in [-0.1, -0.05) is 6.92 Å². The molecule has 0 aliphatic heterocycles. The van der Waals surface area contributed by atoms with Crippen LogP contribution in [-0.2, 0) is 4.79 Å². The van der Waals surface area contributed by atoms with E-state index in [-0.39, 0.29) is 16.6 Å². The standard InChI is InChI=1S/C12H13BrF2N2O3/c1-3-12(2,10(18)19)17-11(20)16-9-5-7(14)6(13)4-8(9)15/h4-5H,3H2,1-2H3,(H,18,19)(H2,16,17,20). The molecule has 0 aliphatic carbocycles. The average Bonchev–Trinajstić information content (AvgIpc) is 2.35. The number of nitrogens with one attached hydrogen (secondary N) is 2. The Morgan fingerprint density at radius 2 is 1.95 bits per heavy atom. The summed E-state index contributed by atoms with van der Waals surface area (Å²) in [6, 6.07) is 0.724. The summed E-state index contributed by atoms with van der Waals surface area (Å²) >= 11 is 2.80. The van der Waals surface area contributed by atoms with Crippen LogP contribution in [0, 0.1) is 11.6 Å². The largest absolute Gasteiger partial charge is 0.480 e. The lowest BCUT2D eigenvalue weighted by atomic mass is 10.00. The summed E-state index contributed by atoms with van der Waals surface area (Å²) in [5.74, 6) is -2.82. The van der Waals surface area contributed by atoms with Crippen LogP contribution < -0.4 is 10.6 Å². The molecule has 1 atom stereocenters. The van der Waals surface area contributed by atoms with E-state index in [2.05, 4.69) is 26.6 Å². The highest BCUT2D eigenvalue weighted by Gasteiger charge is 2.32. The van der Waals surface area contributed by atoms with Crippen LogP contribution in [0.1, 0.15) is 20.3 Å². The van der Waals surface area contributed by atoms with Crippen molar-refractivity contribution in [2.45, 2.75) is 25.8 Å². The van der Waals surface area contributed by atoms with E-state index in [0.717, 1.165) is 12.1 Å². The third-order valence-corrected chi connectivity index (χ3v) is 3.43. The summed E-state index contributed by atoms with van der Waals surface area (Å²) in [6.45, 7) is 2.89. The number of anilines is 1. The van der Waals surface area contributed by atoms with Crippen LogP contribution >= 0.6 is 15.9 Å². The number of amides is 2. The van der Waals surface area contributed by atoms with Crippen LogP contribution in [0.3, 0.4) is 0 Å². The van der Waals surface area contributed by atoms with Gasteiger partial charge in [0.25, 0.3) is 0 Å². The molecule has 0 saturated carbocycles. The third kappa shape index (κ3) is 3.66. The fourth-order valence-electron chi connectivity index (χ4n) is 1.32. The molecule has 0 saturated heterocycles. The van der Waals surface area contributed by atoms with Gasteiger partial charge in [0.1, 0.15) is 17.2 Å². The number of urea groups is 1. The van der Waals surface area contributed by atoms with Gasteiger partial charge in [-0.2, -0.15) is 0 Å². The number of halogens is 3. The van der Waals surface area contributed by atoms with Crippen molar-refractivity contribution in [2.24, 2.45) is 0 Å². The van der Waals surface area contributed by atoms with Crippen LogP contribution in [0.25, 0.3) is 0 Å². The molecule has 0 aromatic heterocycles. The highest BCUT2D eigenvalue weighted by Crippen LogP contribution is 2.23. The first kappa shape index (κ1) is 16.4. The monoisotopic (exact) mass is 350 g/mol. The number of aliphatic carboxylic acids is 1. The fourth-order valence-corrected chi connectivity index (χ4v) is 1.63. The van der Waals surface area contributed by atoms with Crippen molar-refractivity contribution in [1.29, 1.82) is 0 Å².